The van der Waals surface area contributed by atoms with Gasteiger partial charge in [0.2, 0.25) is 17.7 Å². The van der Waals surface area contributed by atoms with Gasteiger partial charge in [-0.2, -0.15) is 0 Å². The van der Waals surface area contributed by atoms with Crippen LogP contribution in [0, 0.1) is 11.8 Å². The van der Waals surface area contributed by atoms with Gasteiger partial charge in [0, 0.05) is 38.2 Å². The Bertz CT molecular complexity index is 586. The van der Waals surface area contributed by atoms with Gasteiger partial charge < -0.3 is 15.5 Å². The molecule has 6 nitrogen and oxygen atoms in total. The SMILES string of the molecule is CC(C)CC(=O)NCCNC(=O)[C@@H]1CC(=O)N(c2ccccc2)C1. The van der Waals surface area contributed by atoms with Gasteiger partial charge in [0.1, 0.15) is 0 Å². The van der Waals surface area contributed by atoms with Crippen molar-refractivity contribution in [2.75, 3.05) is 24.5 Å². The molecule has 24 heavy (non-hydrogen) atoms. The number of hydrogen-bond donors (Lipinski definition) is 2. The van der Waals surface area contributed by atoms with Gasteiger partial charge in [0.15, 0.2) is 0 Å². The third kappa shape index (κ3) is 5.08. The average molecular weight is 331 g/mol. The second kappa shape index (κ2) is 8.47. The first-order valence-electron chi connectivity index (χ1n) is 8.37. The van der Waals surface area contributed by atoms with Crippen LogP contribution in [-0.4, -0.2) is 37.4 Å². The fourth-order valence-corrected chi connectivity index (χ4v) is 2.72. The number of hydrogen-bond acceptors (Lipinski definition) is 3. The molecule has 1 fully saturated rings. The molecule has 1 aliphatic rings. The van der Waals surface area contributed by atoms with Crippen LogP contribution in [0.2, 0.25) is 0 Å². The number of nitrogens with zero attached hydrogens (tertiary/aromatic N) is 1. The average Bonchev–Trinajstić information content (AvgIpc) is 2.93. The fourth-order valence-electron chi connectivity index (χ4n) is 2.72. The monoisotopic (exact) mass is 331 g/mol. The number of amides is 3. The van der Waals surface area contributed by atoms with Crippen LogP contribution in [0.5, 0.6) is 0 Å². The van der Waals surface area contributed by atoms with Crippen LogP contribution in [0.25, 0.3) is 0 Å². The van der Waals surface area contributed by atoms with Crippen molar-refractivity contribution in [3.63, 3.8) is 0 Å². The first kappa shape index (κ1) is 18.0. The van der Waals surface area contributed by atoms with E-state index in [-0.39, 0.29) is 30.1 Å². The Morgan fingerprint density at radius 2 is 1.83 bits per heavy atom. The number of carbonyl (C=O) groups excluding carboxylic acids is 3. The van der Waals surface area contributed by atoms with E-state index in [4.69, 9.17) is 0 Å². The molecule has 130 valence electrons. The molecule has 1 aromatic carbocycles. The second-order valence-corrected chi connectivity index (χ2v) is 6.48. The highest BCUT2D eigenvalue weighted by Gasteiger charge is 2.34. The van der Waals surface area contributed by atoms with Crippen LogP contribution in [0.15, 0.2) is 30.3 Å². The van der Waals surface area contributed by atoms with Crippen molar-refractivity contribution in [1.29, 1.82) is 0 Å². The van der Waals surface area contributed by atoms with Gasteiger partial charge in [-0.15, -0.1) is 0 Å². The van der Waals surface area contributed by atoms with Crippen LogP contribution in [0.3, 0.4) is 0 Å². The van der Waals surface area contributed by atoms with Gasteiger partial charge in [0.25, 0.3) is 0 Å². The maximum absolute atomic E-state index is 12.2. The molecule has 0 saturated carbocycles. The molecule has 6 heteroatoms. The molecule has 0 spiro atoms. The lowest BCUT2D eigenvalue weighted by Gasteiger charge is -2.16. The summed E-state index contributed by atoms with van der Waals surface area (Å²) >= 11 is 0. The van der Waals surface area contributed by atoms with Crippen molar-refractivity contribution in [3.8, 4) is 0 Å². The van der Waals surface area contributed by atoms with E-state index in [1.165, 1.54) is 0 Å². The number of carbonyl (C=O) groups is 3. The topological polar surface area (TPSA) is 78.5 Å². The standard InChI is InChI=1S/C18H25N3O3/c1-13(2)10-16(22)19-8-9-20-18(24)14-11-17(23)21(12-14)15-6-4-3-5-7-15/h3-7,13-14H,8-12H2,1-2H3,(H,19,22)(H,20,24)/t14-/m1/s1. The van der Waals surface area contributed by atoms with Crippen molar-refractivity contribution in [2.24, 2.45) is 11.8 Å². The summed E-state index contributed by atoms with van der Waals surface area (Å²) < 4.78 is 0. The minimum absolute atomic E-state index is 0.00875. The van der Waals surface area contributed by atoms with Crippen molar-refractivity contribution in [3.05, 3.63) is 30.3 Å². The van der Waals surface area contributed by atoms with E-state index in [0.29, 0.717) is 32.0 Å². The van der Waals surface area contributed by atoms with Crippen molar-refractivity contribution < 1.29 is 14.4 Å². The number of benzene rings is 1. The lowest BCUT2D eigenvalue weighted by molar-refractivity contribution is -0.126. The molecule has 0 aliphatic carbocycles. The van der Waals surface area contributed by atoms with Gasteiger partial charge in [-0.1, -0.05) is 32.0 Å². The smallest absolute Gasteiger partial charge is 0.227 e. The number of rotatable bonds is 7. The number of para-hydroxylation sites is 1. The molecule has 0 radical (unpaired) electrons. The third-order valence-corrected chi connectivity index (χ3v) is 3.90. The minimum atomic E-state index is -0.343. The van der Waals surface area contributed by atoms with Crippen LogP contribution < -0.4 is 15.5 Å². The molecule has 1 saturated heterocycles. The van der Waals surface area contributed by atoms with Crippen LogP contribution in [0.4, 0.5) is 5.69 Å². The first-order valence-corrected chi connectivity index (χ1v) is 8.37. The summed E-state index contributed by atoms with van der Waals surface area (Å²) in [7, 11) is 0. The Morgan fingerprint density at radius 1 is 1.17 bits per heavy atom. The molecule has 1 atom stereocenters. The Hall–Kier alpha value is -2.37. The highest BCUT2D eigenvalue weighted by atomic mass is 16.2. The number of anilines is 1. The number of nitrogens with one attached hydrogen (secondary N) is 2. The van der Waals surface area contributed by atoms with Crippen LogP contribution >= 0.6 is 0 Å². The van der Waals surface area contributed by atoms with E-state index in [0.717, 1.165) is 5.69 Å². The Kier molecular flexibility index (Phi) is 6.35. The van der Waals surface area contributed by atoms with E-state index in [1.807, 2.05) is 44.2 Å². The fraction of sp³-hybridized carbons (Fsp3) is 0.500. The molecular formula is C18H25N3O3. The summed E-state index contributed by atoms with van der Waals surface area (Å²) in [5.41, 5.74) is 0.818. The summed E-state index contributed by atoms with van der Waals surface area (Å²) in [4.78, 5) is 37.5. The van der Waals surface area contributed by atoms with Crippen molar-refractivity contribution >= 4 is 23.4 Å². The predicted molar refractivity (Wildman–Crippen MR) is 92.4 cm³/mol. The summed E-state index contributed by atoms with van der Waals surface area (Å²) in [6.07, 6.45) is 0.706. The quantitative estimate of drug-likeness (QED) is 0.740. The minimum Gasteiger partial charge on any atom is -0.354 e. The van der Waals surface area contributed by atoms with Crippen LogP contribution in [0.1, 0.15) is 26.7 Å². The van der Waals surface area contributed by atoms with Crippen molar-refractivity contribution in [1.82, 2.24) is 10.6 Å². The maximum atomic E-state index is 12.2. The Labute approximate surface area is 142 Å². The molecule has 1 aromatic rings. The van der Waals surface area contributed by atoms with E-state index in [9.17, 15) is 14.4 Å². The summed E-state index contributed by atoms with van der Waals surface area (Å²) in [5, 5.41) is 5.57. The highest BCUT2D eigenvalue weighted by molar-refractivity contribution is 6.00. The van der Waals surface area contributed by atoms with Gasteiger partial charge in [-0.3, -0.25) is 14.4 Å². The maximum Gasteiger partial charge on any atom is 0.227 e. The lowest BCUT2D eigenvalue weighted by Crippen LogP contribution is -2.38. The summed E-state index contributed by atoms with van der Waals surface area (Å²) in [6, 6.07) is 9.36. The van der Waals surface area contributed by atoms with Gasteiger partial charge in [-0.25, -0.2) is 0 Å². The van der Waals surface area contributed by atoms with Gasteiger partial charge in [0.05, 0.1) is 5.92 Å². The molecule has 2 N–H and O–H groups in total. The van der Waals surface area contributed by atoms with E-state index in [2.05, 4.69) is 10.6 Å². The van der Waals surface area contributed by atoms with Gasteiger partial charge >= 0.3 is 0 Å². The molecule has 0 unspecified atom stereocenters. The molecule has 1 aliphatic heterocycles. The highest BCUT2D eigenvalue weighted by Crippen LogP contribution is 2.24. The van der Waals surface area contributed by atoms with E-state index < -0.39 is 0 Å². The second-order valence-electron chi connectivity index (χ2n) is 6.48. The normalized spacial score (nSPS) is 17.2. The molecule has 0 bridgehead atoms. The van der Waals surface area contributed by atoms with E-state index >= 15 is 0 Å². The van der Waals surface area contributed by atoms with Gasteiger partial charge in [-0.05, 0) is 18.1 Å². The molecule has 2 rings (SSSR count). The molecular weight excluding hydrogens is 306 g/mol. The molecule has 1 heterocycles. The molecule has 0 aromatic heterocycles. The zero-order valence-electron chi connectivity index (χ0n) is 14.2. The zero-order valence-corrected chi connectivity index (χ0v) is 14.2. The van der Waals surface area contributed by atoms with E-state index in [1.54, 1.807) is 4.90 Å². The van der Waals surface area contributed by atoms with Crippen LogP contribution in [-0.2, 0) is 14.4 Å². The molecule has 3 amide bonds. The first-order chi connectivity index (χ1) is 11.5. The summed E-state index contributed by atoms with van der Waals surface area (Å²) in [6.45, 7) is 5.14. The Morgan fingerprint density at radius 3 is 2.50 bits per heavy atom. The predicted octanol–water partition coefficient (Wildman–Crippen LogP) is 1.32. The third-order valence-electron chi connectivity index (χ3n) is 3.90. The lowest BCUT2D eigenvalue weighted by atomic mass is 10.1. The largest absolute Gasteiger partial charge is 0.354 e. The summed E-state index contributed by atoms with van der Waals surface area (Å²) in [5.74, 6) is -0.214. The zero-order chi connectivity index (χ0) is 17.5. The Balaban J connectivity index is 1.74. The van der Waals surface area contributed by atoms with Crippen molar-refractivity contribution in [2.45, 2.75) is 26.7 Å².